The quantitative estimate of drug-likeness (QED) is 0.579. The summed E-state index contributed by atoms with van der Waals surface area (Å²) in [6.07, 6.45) is 7.38. The van der Waals surface area contributed by atoms with Crippen molar-refractivity contribution in [2.45, 2.75) is 39.0 Å². The van der Waals surface area contributed by atoms with E-state index in [9.17, 15) is 0 Å². The molecule has 78 valence electrons. The first-order valence-electron chi connectivity index (χ1n) is 6.02. The number of hydrogen-bond donors (Lipinski definition) is 0. The smallest absolute Gasteiger partial charge is 0.0922 e. The van der Waals surface area contributed by atoms with Crippen LogP contribution in [0.5, 0.6) is 0 Å². The third-order valence-electron chi connectivity index (χ3n) is 4.73. The standard InChI is InChI=1S/C13H20O/c1-8(14-2)13-11-4-9-3-10(6-11)7-12(13)5-9/h9-12H,3-7H2,1-2H3. The largest absolute Gasteiger partial charge is 0.501 e. The van der Waals surface area contributed by atoms with Crippen molar-refractivity contribution in [2.75, 3.05) is 7.11 Å². The van der Waals surface area contributed by atoms with Crippen molar-refractivity contribution >= 4 is 0 Å². The van der Waals surface area contributed by atoms with E-state index in [1.165, 1.54) is 37.9 Å². The van der Waals surface area contributed by atoms with Gasteiger partial charge in [-0.15, -0.1) is 0 Å². The van der Waals surface area contributed by atoms with E-state index in [-0.39, 0.29) is 0 Å². The van der Waals surface area contributed by atoms with Crippen LogP contribution < -0.4 is 0 Å². The van der Waals surface area contributed by atoms with E-state index < -0.39 is 0 Å². The van der Waals surface area contributed by atoms with Gasteiger partial charge in [0.05, 0.1) is 12.9 Å². The second-order valence-corrected chi connectivity index (χ2v) is 5.52. The number of rotatable bonds is 1. The molecule has 0 aliphatic heterocycles. The number of ether oxygens (including phenoxy) is 1. The summed E-state index contributed by atoms with van der Waals surface area (Å²) in [6.45, 7) is 2.16. The van der Waals surface area contributed by atoms with Crippen molar-refractivity contribution in [1.82, 2.24) is 0 Å². The molecule has 4 fully saturated rings. The fraction of sp³-hybridized carbons (Fsp3) is 0.846. The maximum absolute atomic E-state index is 5.46. The summed E-state index contributed by atoms with van der Waals surface area (Å²) in [5.74, 6) is 5.15. The van der Waals surface area contributed by atoms with Gasteiger partial charge in [0.2, 0.25) is 0 Å². The van der Waals surface area contributed by atoms with Crippen molar-refractivity contribution in [3.05, 3.63) is 11.3 Å². The zero-order valence-corrected chi connectivity index (χ0v) is 9.25. The van der Waals surface area contributed by atoms with Gasteiger partial charge in [0.25, 0.3) is 0 Å². The first-order valence-corrected chi connectivity index (χ1v) is 6.02. The van der Waals surface area contributed by atoms with Gasteiger partial charge in [0, 0.05) is 0 Å². The SMILES string of the molecule is COC(C)=C1C2CC3CC(C2)CC1C3. The van der Waals surface area contributed by atoms with E-state index in [1.54, 1.807) is 5.57 Å². The Bertz CT molecular complexity index is 247. The topological polar surface area (TPSA) is 9.23 Å². The van der Waals surface area contributed by atoms with Crippen LogP contribution in [-0.4, -0.2) is 7.11 Å². The Morgan fingerprint density at radius 2 is 1.50 bits per heavy atom. The molecule has 4 aliphatic rings. The number of hydrogen-bond acceptors (Lipinski definition) is 1. The highest BCUT2D eigenvalue weighted by Crippen LogP contribution is 2.56. The van der Waals surface area contributed by atoms with E-state index in [0.717, 1.165) is 23.7 Å². The van der Waals surface area contributed by atoms with E-state index in [0.29, 0.717) is 0 Å². The van der Waals surface area contributed by atoms with Crippen LogP contribution in [0.25, 0.3) is 0 Å². The summed E-state index contributed by atoms with van der Waals surface area (Å²) in [5, 5.41) is 0. The van der Waals surface area contributed by atoms with Gasteiger partial charge in [-0.25, -0.2) is 0 Å². The van der Waals surface area contributed by atoms with Gasteiger partial charge >= 0.3 is 0 Å². The maximum Gasteiger partial charge on any atom is 0.0922 e. The molecule has 4 saturated carbocycles. The van der Waals surface area contributed by atoms with Gasteiger partial charge in [0.1, 0.15) is 0 Å². The van der Waals surface area contributed by atoms with Gasteiger partial charge < -0.3 is 4.74 Å². The van der Waals surface area contributed by atoms with Crippen LogP contribution in [0, 0.1) is 23.7 Å². The van der Waals surface area contributed by atoms with E-state index >= 15 is 0 Å². The molecular weight excluding hydrogens is 172 g/mol. The Labute approximate surface area is 86.5 Å². The summed E-state index contributed by atoms with van der Waals surface area (Å²) < 4.78 is 5.46. The van der Waals surface area contributed by atoms with Gasteiger partial charge in [-0.3, -0.25) is 0 Å². The van der Waals surface area contributed by atoms with Crippen molar-refractivity contribution in [2.24, 2.45) is 23.7 Å². The molecule has 0 aromatic rings. The zero-order chi connectivity index (χ0) is 9.71. The van der Waals surface area contributed by atoms with Gasteiger partial charge in [-0.2, -0.15) is 0 Å². The zero-order valence-electron chi connectivity index (χ0n) is 9.25. The van der Waals surface area contributed by atoms with Crippen molar-refractivity contribution in [1.29, 1.82) is 0 Å². The minimum absolute atomic E-state index is 0.895. The number of methoxy groups -OCH3 is 1. The Kier molecular flexibility index (Phi) is 1.90. The van der Waals surface area contributed by atoms with Crippen molar-refractivity contribution in [3.8, 4) is 0 Å². The fourth-order valence-electron chi connectivity index (χ4n) is 4.38. The highest BCUT2D eigenvalue weighted by Gasteiger charge is 2.46. The predicted molar refractivity (Wildman–Crippen MR) is 56.8 cm³/mol. The molecular formula is C13H20O. The number of allylic oxidation sites excluding steroid dienone is 2. The Balaban J connectivity index is 1.95. The summed E-state index contributed by atoms with van der Waals surface area (Å²) >= 11 is 0. The lowest BCUT2D eigenvalue weighted by Crippen LogP contribution is -2.40. The molecule has 0 radical (unpaired) electrons. The molecule has 0 amide bonds. The summed E-state index contributed by atoms with van der Waals surface area (Å²) in [5.41, 5.74) is 1.69. The molecule has 4 bridgehead atoms. The van der Waals surface area contributed by atoms with Crippen LogP contribution in [-0.2, 0) is 4.74 Å². The van der Waals surface area contributed by atoms with E-state index in [4.69, 9.17) is 4.74 Å². The van der Waals surface area contributed by atoms with Gasteiger partial charge in [0.15, 0.2) is 0 Å². The van der Waals surface area contributed by atoms with Gasteiger partial charge in [-0.1, -0.05) is 0 Å². The molecule has 0 heterocycles. The summed E-state index contributed by atoms with van der Waals surface area (Å²) in [6, 6.07) is 0. The molecule has 4 rings (SSSR count). The van der Waals surface area contributed by atoms with Crippen LogP contribution in [0.2, 0.25) is 0 Å². The second-order valence-electron chi connectivity index (χ2n) is 5.52. The molecule has 0 unspecified atom stereocenters. The second kappa shape index (κ2) is 3.01. The minimum atomic E-state index is 0.895. The summed E-state index contributed by atoms with van der Waals surface area (Å²) in [7, 11) is 1.83. The lowest BCUT2D eigenvalue weighted by atomic mass is 9.54. The van der Waals surface area contributed by atoms with Crippen molar-refractivity contribution < 1.29 is 4.74 Å². The van der Waals surface area contributed by atoms with Crippen LogP contribution in [0.15, 0.2) is 11.3 Å². The van der Waals surface area contributed by atoms with Crippen LogP contribution in [0.4, 0.5) is 0 Å². The lowest BCUT2D eigenvalue weighted by molar-refractivity contribution is 0.0622. The third-order valence-corrected chi connectivity index (χ3v) is 4.73. The molecule has 4 aliphatic carbocycles. The molecule has 14 heavy (non-hydrogen) atoms. The molecule has 0 saturated heterocycles. The summed E-state index contributed by atoms with van der Waals surface area (Å²) in [4.78, 5) is 0. The first-order chi connectivity index (χ1) is 6.78. The molecule has 1 heteroatoms. The van der Waals surface area contributed by atoms with E-state index in [1.807, 2.05) is 7.11 Å². The molecule has 0 aromatic heterocycles. The van der Waals surface area contributed by atoms with Crippen LogP contribution in [0.3, 0.4) is 0 Å². The molecule has 0 N–H and O–H groups in total. The highest BCUT2D eigenvalue weighted by molar-refractivity contribution is 5.22. The molecule has 0 spiro atoms. The average molecular weight is 192 g/mol. The minimum Gasteiger partial charge on any atom is -0.501 e. The Morgan fingerprint density at radius 1 is 1.00 bits per heavy atom. The van der Waals surface area contributed by atoms with Crippen LogP contribution >= 0.6 is 0 Å². The van der Waals surface area contributed by atoms with Crippen LogP contribution in [0.1, 0.15) is 39.0 Å². The fourth-order valence-corrected chi connectivity index (χ4v) is 4.38. The Morgan fingerprint density at radius 3 is 1.93 bits per heavy atom. The van der Waals surface area contributed by atoms with Crippen molar-refractivity contribution in [3.63, 3.8) is 0 Å². The molecule has 1 nitrogen and oxygen atoms in total. The lowest BCUT2D eigenvalue weighted by Gasteiger charge is -2.51. The normalized spacial score (nSPS) is 44.3. The molecule has 0 aromatic carbocycles. The van der Waals surface area contributed by atoms with Gasteiger partial charge in [-0.05, 0) is 68.3 Å². The monoisotopic (exact) mass is 192 g/mol. The first kappa shape index (κ1) is 8.82. The maximum atomic E-state index is 5.46. The van der Waals surface area contributed by atoms with E-state index in [2.05, 4.69) is 6.92 Å². The predicted octanol–water partition coefficient (Wildman–Crippen LogP) is 3.36. The third kappa shape index (κ3) is 1.14. The average Bonchev–Trinajstić information content (AvgIpc) is 2.15. The highest BCUT2D eigenvalue weighted by atomic mass is 16.5. The molecule has 0 atom stereocenters. The Hall–Kier alpha value is -0.460.